The highest BCUT2D eigenvalue weighted by atomic mass is 32.2. The molecular weight excluding hydrogens is 262 g/mol. The Morgan fingerprint density at radius 1 is 1.33 bits per heavy atom. The SMILES string of the molecule is NC1(CNS(=O)(=O)c2cc(F)ccc2F)CCC1. The van der Waals surface area contributed by atoms with Crippen LogP contribution in [-0.4, -0.2) is 20.5 Å². The highest BCUT2D eigenvalue weighted by molar-refractivity contribution is 7.89. The fourth-order valence-corrected chi connectivity index (χ4v) is 3.03. The van der Waals surface area contributed by atoms with Crippen molar-refractivity contribution in [3.8, 4) is 0 Å². The second-order valence-corrected chi connectivity index (χ2v) is 6.35. The summed E-state index contributed by atoms with van der Waals surface area (Å²) in [6, 6.07) is 2.30. The Labute approximate surface area is 104 Å². The Balaban J connectivity index is 2.17. The Kier molecular flexibility index (Phi) is 3.39. The molecule has 0 unspecified atom stereocenters. The van der Waals surface area contributed by atoms with Gasteiger partial charge in [0.25, 0.3) is 0 Å². The Hall–Kier alpha value is -1.05. The number of sulfonamides is 1. The number of hydrogen-bond donors (Lipinski definition) is 2. The molecule has 1 aliphatic rings. The molecule has 1 aromatic carbocycles. The first-order valence-corrected chi connectivity index (χ1v) is 7.04. The van der Waals surface area contributed by atoms with Gasteiger partial charge in [-0.15, -0.1) is 0 Å². The van der Waals surface area contributed by atoms with Crippen molar-refractivity contribution in [2.75, 3.05) is 6.54 Å². The lowest BCUT2D eigenvalue weighted by molar-refractivity contribution is 0.251. The van der Waals surface area contributed by atoms with Crippen LogP contribution in [0.25, 0.3) is 0 Å². The van der Waals surface area contributed by atoms with Crippen LogP contribution in [-0.2, 0) is 10.0 Å². The number of hydrogen-bond acceptors (Lipinski definition) is 3. The minimum absolute atomic E-state index is 0.0330. The molecule has 18 heavy (non-hydrogen) atoms. The summed E-state index contributed by atoms with van der Waals surface area (Å²) in [5.74, 6) is -1.79. The van der Waals surface area contributed by atoms with E-state index in [4.69, 9.17) is 5.73 Å². The van der Waals surface area contributed by atoms with Crippen molar-refractivity contribution < 1.29 is 17.2 Å². The quantitative estimate of drug-likeness (QED) is 0.865. The van der Waals surface area contributed by atoms with Crippen LogP contribution in [0.2, 0.25) is 0 Å². The predicted molar refractivity (Wildman–Crippen MR) is 62.3 cm³/mol. The van der Waals surface area contributed by atoms with Crippen LogP contribution in [0, 0.1) is 11.6 Å². The van der Waals surface area contributed by atoms with Gasteiger partial charge in [0.15, 0.2) is 0 Å². The lowest BCUT2D eigenvalue weighted by Gasteiger charge is -2.37. The van der Waals surface area contributed by atoms with E-state index in [1.54, 1.807) is 0 Å². The Bertz CT molecular complexity index is 556. The zero-order valence-corrected chi connectivity index (χ0v) is 10.4. The average Bonchev–Trinajstić information content (AvgIpc) is 2.27. The molecule has 3 N–H and O–H groups in total. The summed E-state index contributed by atoms with van der Waals surface area (Å²) in [6.07, 6.45) is 2.40. The van der Waals surface area contributed by atoms with Gasteiger partial charge in [-0.2, -0.15) is 0 Å². The van der Waals surface area contributed by atoms with Crippen molar-refractivity contribution in [3.05, 3.63) is 29.8 Å². The van der Waals surface area contributed by atoms with Crippen LogP contribution in [0.1, 0.15) is 19.3 Å². The van der Waals surface area contributed by atoms with Gasteiger partial charge in [0.05, 0.1) is 0 Å². The van der Waals surface area contributed by atoms with E-state index in [0.29, 0.717) is 6.07 Å². The maximum atomic E-state index is 13.4. The number of nitrogens with one attached hydrogen (secondary N) is 1. The van der Waals surface area contributed by atoms with Crippen molar-refractivity contribution in [1.82, 2.24) is 4.72 Å². The maximum absolute atomic E-state index is 13.4. The second-order valence-electron chi connectivity index (χ2n) is 4.62. The molecule has 4 nitrogen and oxygen atoms in total. The van der Waals surface area contributed by atoms with Gasteiger partial charge in [-0.05, 0) is 37.5 Å². The zero-order valence-electron chi connectivity index (χ0n) is 9.62. The number of benzene rings is 1. The van der Waals surface area contributed by atoms with E-state index in [-0.39, 0.29) is 6.54 Å². The first-order valence-electron chi connectivity index (χ1n) is 5.56. The van der Waals surface area contributed by atoms with Gasteiger partial charge >= 0.3 is 0 Å². The van der Waals surface area contributed by atoms with Crippen LogP contribution in [0.5, 0.6) is 0 Å². The molecule has 1 fully saturated rings. The number of rotatable bonds is 4. The molecule has 2 rings (SSSR count). The molecule has 1 saturated carbocycles. The monoisotopic (exact) mass is 276 g/mol. The van der Waals surface area contributed by atoms with Crippen LogP contribution >= 0.6 is 0 Å². The van der Waals surface area contributed by atoms with E-state index in [1.807, 2.05) is 0 Å². The number of halogens is 2. The van der Waals surface area contributed by atoms with Crippen molar-refractivity contribution in [2.45, 2.75) is 29.7 Å². The molecule has 0 aromatic heterocycles. The minimum atomic E-state index is -4.07. The van der Waals surface area contributed by atoms with Gasteiger partial charge in [-0.1, -0.05) is 0 Å². The fraction of sp³-hybridized carbons (Fsp3) is 0.455. The predicted octanol–water partition coefficient (Wildman–Crippen LogP) is 1.12. The summed E-state index contributed by atoms with van der Waals surface area (Å²) in [7, 11) is -4.07. The average molecular weight is 276 g/mol. The lowest BCUT2D eigenvalue weighted by atomic mass is 9.78. The second kappa shape index (κ2) is 4.56. The third kappa shape index (κ3) is 2.68. The van der Waals surface area contributed by atoms with Gasteiger partial charge < -0.3 is 5.73 Å². The van der Waals surface area contributed by atoms with Crippen molar-refractivity contribution in [2.24, 2.45) is 5.73 Å². The molecule has 0 saturated heterocycles. The summed E-state index contributed by atoms with van der Waals surface area (Å²) < 4.78 is 52.2. The normalized spacial score (nSPS) is 18.4. The molecule has 0 heterocycles. The van der Waals surface area contributed by atoms with E-state index < -0.39 is 32.1 Å². The topological polar surface area (TPSA) is 72.2 Å². The van der Waals surface area contributed by atoms with Gasteiger partial charge in [0, 0.05) is 12.1 Å². The summed E-state index contributed by atoms with van der Waals surface area (Å²) in [6.45, 7) is 0.0330. The minimum Gasteiger partial charge on any atom is -0.324 e. The summed E-state index contributed by atoms with van der Waals surface area (Å²) >= 11 is 0. The first kappa shape index (κ1) is 13.4. The zero-order chi connectivity index (χ0) is 13.4. The molecule has 7 heteroatoms. The molecule has 0 bridgehead atoms. The Morgan fingerprint density at radius 2 is 2.00 bits per heavy atom. The standard InChI is InChI=1S/C11H14F2N2O2S/c12-8-2-3-9(13)10(6-8)18(16,17)15-7-11(14)4-1-5-11/h2-3,6,15H,1,4-5,7,14H2. The molecule has 0 atom stereocenters. The van der Waals surface area contributed by atoms with Crippen LogP contribution in [0.15, 0.2) is 23.1 Å². The van der Waals surface area contributed by atoms with Crippen molar-refractivity contribution in [3.63, 3.8) is 0 Å². The lowest BCUT2D eigenvalue weighted by Crippen LogP contribution is -2.54. The van der Waals surface area contributed by atoms with Crippen molar-refractivity contribution in [1.29, 1.82) is 0 Å². The van der Waals surface area contributed by atoms with Gasteiger partial charge in [0.1, 0.15) is 16.5 Å². The smallest absolute Gasteiger partial charge is 0.243 e. The summed E-state index contributed by atoms with van der Waals surface area (Å²) in [4.78, 5) is -0.689. The highest BCUT2D eigenvalue weighted by Gasteiger charge is 2.34. The summed E-state index contributed by atoms with van der Waals surface area (Å²) in [5.41, 5.74) is 5.30. The molecule has 1 aromatic rings. The molecular formula is C11H14F2N2O2S. The molecule has 0 aliphatic heterocycles. The molecule has 0 radical (unpaired) electrons. The Morgan fingerprint density at radius 3 is 2.56 bits per heavy atom. The van der Waals surface area contributed by atoms with Gasteiger partial charge in [0.2, 0.25) is 10.0 Å². The highest BCUT2D eigenvalue weighted by Crippen LogP contribution is 2.28. The molecule has 0 spiro atoms. The van der Waals surface area contributed by atoms with E-state index >= 15 is 0 Å². The van der Waals surface area contributed by atoms with E-state index in [0.717, 1.165) is 31.4 Å². The fourth-order valence-electron chi connectivity index (χ4n) is 1.81. The van der Waals surface area contributed by atoms with E-state index in [1.165, 1.54) is 0 Å². The van der Waals surface area contributed by atoms with Crippen LogP contribution < -0.4 is 10.5 Å². The van der Waals surface area contributed by atoms with Crippen LogP contribution in [0.3, 0.4) is 0 Å². The molecule has 0 amide bonds. The third-order valence-electron chi connectivity index (χ3n) is 3.15. The molecule has 1 aliphatic carbocycles. The van der Waals surface area contributed by atoms with Gasteiger partial charge in [-0.25, -0.2) is 21.9 Å². The van der Waals surface area contributed by atoms with Crippen LogP contribution in [0.4, 0.5) is 8.78 Å². The maximum Gasteiger partial charge on any atom is 0.243 e. The largest absolute Gasteiger partial charge is 0.324 e. The number of nitrogens with two attached hydrogens (primary N) is 1. The first-order chi connectivity index (χ1) is 8.32. The van der Waals surface area contributed by atoms with E-state index in [9.17, 15) is 17.2 Å². The van der Waals surface area contributed by atoms with E-state index in [2.05, 4.69) is 4.72 Å². The molecule has 100 valence electrons. The summed E-state index contributed by atoms with van der Waals surface area (Å²) in [5, 5.41) is 0. The van der Waals surface area contributed by atoms with Crippen molar-refractivity contribution >= 4 is 10.0 Å². The van der Waals surface area contributed by atoms with Gasteiger partial charge in [-0.3, -0.25) is 0 Å². The third-order valence-corrected chi connectivity index (χ3v) is 4.56.